The smallest absolute Gasteiger partial charge is 0.338 e. The molecule has 2 N–H and O–H groups in total. The first-order valence-electron chi connectivity index (χ1n) is 13.6. The van der Waals surface area contributed by atoms with Gasteiger partial charge in [-0.2, -0.15) is 0 Å². The Morgan fingerprint density at radius 1 is 1.11 bits per heavy atom. The summed E-state index contributed by atoms with van der Waals surface area (Å²) in [7, 11) is 0. The highest BCUT2D eigenvalue weighted by Gasteiger charge is 2.87. The van der Waals surface area contributed by atoms with Crippen molar-refractivity contribution in [2.75, 3.05) is 6.61 Å². The number of esters is 2. The second kappa shape index (κ2) is 8.88. The van der Waals surface area contributed by atoms with Crippen molar-refractivity contribution < 1.29 is 34.1 Å². The van der Waals surface area contributed by atoms with Gasteiger partial charge in [-0.15, -0.1) is 0 Å². The van der Waals surface area contributed by atoms with E-state index in [0.717, 1.165) is 0 Å². The van der Waals surface area contributed by atoms with Crippen LogP contribution in [0.15, 0.2) is 53.6 Å². The zero-order chi connectivity index (χ0) is 27.8. The van der Waals surface area contributed by atoms with E-state index in [4.69, 9.17) is 9.47 Å². The monoisotopic (exact) mass is 522 g/mol. The lowest BCUT2D eigenvalue weighted by molar-refractivity contribution is -0.210. The highest BCUT2D eigenvalue weighted by molar-refractivity contribution is 6.00. The normalized spacial score (nSPS) is 38.7. The fourth-order valence-electron chi connectivity index (χ4n) is 7.80. The number of carbonyl (C=O) groups is 3. The highest BCUT2D eigenvalue weighted by atomic mass is 16.6. The Morgan fingerprint density at radius 3 is 2.37 bits per heavy atom. The summed E-state index contributed by atoms with van der Waals surface area (Å²) in [5, 5.41) is 22.9. The molecule has 7 nitrogen and oxygen atoms in total. The molecule has 204 valence electrons. The summed E-state index contributed by atoms with van der Waals surface area (Å²) in [4.78, 5) is 39.7. The van der Waals surface area contributed by atoms with Crippen LogP contribution in [0.3, 0.4) is 0 Å². The highest BCUT2D eigenvalue weighted by Crippen LogP contribution is 2.77. The molecule has 5 rings (SSSR count). The van der Waals surface area contributed by atoms with Gasteiger partial charge in [-0.05, 0) is 36.6 Å². The number of benzene rings is 1. The van der Waals surface area contributed by atoms with Gasteiger partial charge in [0.25, 0.3) is 0 Å². The van der Waals surface area contributed by atoms with E-state index in [1.807, 2.05) is 39.0 Å². The number of carbonyl (C=O) groups excluding carboxylic acids is 3. The lowest BCUT2D eigenvalue weighted by Crippen LogP contribution is -2.63. The van der Waals surface area contributed by atoms with Crippen molar-refractivity contribution in [2.45, 2.75) is 65.3 Å². The van der Waals surface area contributed by atoms with Gasteiger partial charge in [0.1, 0.15) is 6.10 Å². The number of Topliss-reactive ketones (excluding diaryl/α,β-unsaturated/α-hetero) is 1. The number of allylic oxidation sites excluding steroid dienone is 1. The molecule has 7 heteroatoms. The van der Waals surface area contributed by atoms with E-state index in [1.54, 1.807) is 45.0 Å². The lowest BCUT2D eigenvalue weighted by Gasteiger charge is -2.52. The standard InChI is InChI=1S/C31H38O7/c1-16(2)27(34)38-31-25(29(31,5)6)23-14-19(15-32)13-21-22(12-17(3)24(21)33)30(23,36)18(4)26(31)37-28(35)20-10-8-7-9-11-20/h7-12,14,16,18,21-23,25-26,32,36H,13,15H2,1-6H3/t18-,21+,22-,23+,25-,26-,30+,31-/m1/s1. The van der Waals surface area contributed by atoms with Crippen LogP contribution >= 0.6 is 0 Å². The zero-order valence-corrected chi connectivity index (χ0v) is 22.9. The second-order valence-corrected chi connectivity index (χ2v) is 12.5. The number of rotatable bonds is 5. The molecule has 4 aliphatic rings. The van der Waals surface area contributed by atoms with Gasteiger partial charge in [-0.1, -0.05) is 65.0 Å². The molecule has 0 amide bonds. The number of fused-ring (bicyclic) bond motifs is 5. The maximum absolute atomic E-state index is 13.4. The van der Waals surface area contributed by atoms with Gasteiger partial charge in [0, 0.05) is 35.0 Å². The topological polar surface area (TPSA) is 110 Å². The Balaban J connectivity index is 1.68. The van der Waals surface area contributed by atoms with E-state index < -0.39 is 70.2 Å². The molecule has 38 heavy (non-hydrogen) atoms. The van der Waals surface area contributed by atoms with Gasteiger partial charge >= 0.3 is 11.9 Å². The molecule has 2 fully saturated rings. The van der Waals surface area contributed by atoms with Crippen LogP contribution in [0, 0.1) is 40.9 Å². The third-order valence-electron chi connectivity index (χ3n) is 9.87. The molecule has 4 aliphatic carbocycles. The minimum Gasteiger partial charge on any atom is -0.454 e. The Kier molecular flexibility index (Phi) is 6.27. The number of hydrogen-bond acceptors (Lipinski definition) is 7. The second-order valence-electron chi connectivity index (χ2n) is 12.5. The molecule has 0 aliphatic heterocycles. The van der Waals surface area contributed by atoms with Crippen molar-refractivity contribution in [3.8, 4) is 0 Å². The van der Waals surface area contributed by atoms with Gasteiger partial charge in [0.2, 0.25) is 0 Å². The summed E-state index contributed by atoms with van der Waals surface area (Å²) in [5.74, 6) is -4.03. The first kappa shape index (κ1) is 26.8. The quantitative estimate of drug-likeness (QED) is 0.446. The summed E-state index contributed by atoms with van der Waals surface area (Å²) in [6, 6.07) is 8.63. The van der Waals surface area contributed by atoms with Gasteiger partial charge in [-0.25, -0.2) is 4.79 Å². The molecule has 0 unspecified atom stereocenters. The largest absolute Gasteiger partial charge is 0.454 e. The van der Waals surface area contributed by atoms with Crippen LogP contribution in [0.25, 0.3) is 0 Å². The van der Waals surface area contributed by atoms with Crippen LogP contribution in [0.5, 0.6) is 0 Å². The average Bonchev–Trinajstić information content (AvgIpc) is 3.28. The van der Waals surface area contributed by atoms with E-state index in [9.17, 15) is 24.6 Å². The summed E-state index contributed by atoms with van der Waals surface area (Å²) in [6.45, 7) is 10.8. The Hall–Kier alpha value is -2.77. The maximum Gasteiger partial charge on any atom is 0.338 e. The van der Waals surface area contributed by atoms with E-state index in [0.29, 0.717) is 23.1 Å². The third-order valence-corrected chi connectivity index (χ3v) is 9.87. The zero-order valence-electron chi connectivity index (χ0n) is 22.9. The molecular weight excluding hydrogens is 484 g/mol. The molecule has 0 bridgehead atoms. The number of aliphatic hydroxyl groups excluding tert-OH is 1. The molecule has 8 atom stereocenters. The van der Waals surface area contributed by atoms with Gasteiger partial charge in [0.15, 0.2) is 11.4 Å². The maximum atomic E-state index is 13.4. The molecule has 0 spiro atoms. The van der Waals surface area contributed by atoms with Crippen LogP contribution in [0.4, 0.5) is 0 Å². The predicted molar refractivity (Wildman–Crippen MR) is 140 cm³/mol. The summed E-state index contributed by atoms with van der Waals surface area (Å²) < 4.78 is 12.5. The summed E-state index contributed by atoms with van der Waals surface area (Å²) in [5.41, 5.74) is -1.65. The molecule has 0 radical (unpaired) electrons. The lowest BCUT2D eigenvalue weighted by atomic mass is 9.59. The van der Waals surface area contributed by atoms with Gasteiger partial charge in [-0.3, -0.25) is 9.59 Å². The molecular formula is C31H38O7. The van der Waals surface area contributed by atoms with Crippen molar-refractivity contribution in [1.82, 2.24) is 0 Å². The van der Waals surface area contributed by atoms with Gasteiger partial charge in [0.05, 0.1) is 23.7 Å². The van der Waals surface area contributed by atoms with E-state index in [-0.39, 0.29) is 12.4 Å². The molecule has 0 aromatic heterocycles. The molecule has 2 saturated carbocycles. The molecule has 0 heterocycles. The first-order chi connectivity index (χ1) is 17.8. The summed E-state index contributed by atoms with van der Waals surface area (Å²) >= 11 is 0. The van der Waals surface area contributed by atoms with E-state index >= 15 is 0 Å². The van der Waals surface area contributed by atoms with Crippen LogP contribution in [-0.4, -0.2) is 51.8 Å². The summed E-state index contributed by atoms with van der Waals surface area (Å²) in [6.07, 6.45) is 3.15. The number of hydrogen-bond donors (Lipinski definition) is 2. The molecule has 0 saturated heterocycles. The number of ether oxygens (including phenoxy) is 2. The minimum atomic E-state index is -1.47. The van der Waals surface area contributed by atoms with Crippen molar-refractivity contribution in [3.63, 3.8) is 0 Å². The van der Waals surface area contributed by atoms with Crippen molar-refractivity contribution in [2.24, 2.45) is 40.9 Å². The van der Waals surface area contributed by atoms with Crippen molar-refractivity contribution in [3.05, 3.63) is 59.2 Å². The Morgan fingerprint density at radius 2 is 1.76 bits per heavy atom. The Labute approximate surface area is 223 Å². The predicted octanol–water partition coefficient (Wildman–Crippen LogP) is 3.89. The van der Waals surface area contributed by atoms with E-state index in [2.05, 4.69) is 0 Å². The van der Waals surface area contributed by atoms with Crippen LogP contribution < -0.4 is 0 Å². The number of aliphatic hydroxyl groups is 2. The van der Waals surface area contributed by atoms with Crippen molar-refractivity contribution >= 4 is 17.7 Å². The van der Waals surface area contributed by atoms with Gasteiger partial charge < -0.3 is 19.7 Å². The minimum absolute atomic E-state index is 0.0356. The first-order valence-corrected chi connectivity index (χ1v) is 13.6. The van der Waals surface area contributed by atoms with Crippen LogP contribution in [0.1, 0.15) is 58.3 Å². The van der Waals surface area contributed by atoms with Crippen molar-refractivity contribution in [1.29, 1.82) is 0 Å². The third kappa shape index (κ3) is 3.51. The van der Waals surface area contributed by atoms with Crippen LogP contribution in [0.2, 0.25) is 0 Å². The SMILES string of the molecule is CC1=C[C@@H]2[C@H](CC(CO)=C[C@H]3[C@@H]4C(C)(C)[C@]4(OC(=O)C(C)C)[C@H](OC(=O)c4ccccc4)[C@@H](C)[C@]23O)C1=O. The fourth-order valence-corrected chi connectivity index (χ4v) is 7.80. The molecule has 1 aromatic rings. The van der Waals surface area contributed by atoms with E-state index in [1.165, 1.54) is 0 Å². The Bertz CT molecular complexity index is 1230. The number of ketones is 1. The van der Waals surface area contributed by atoms with Crippen LogP contribution in [-0.2, 0) is 19.1 Å². The molecule has 1 aromatic carbocycles. The fraction of sp³-hybridized carbons (Fsp3) is 0.581. The average molecular weight is 523 g/mol.